The van der Waals surface area contributed by atoms with Gasteiger partial charge in [0.25, 0.3) is 0 Å². The summed E-state index contributed by atoms with van der Waals surface area (Å²) in [4.78, 5) is 20.1. The molecule has 0 aliphatic carbocycles. The van der Waals surface area contributed by atoms with Gasteiger partial charge in [0, 0.05) is 23.4 Å². The molecule has 0 saturated heterocycles. The Balaban J connectivity index is 1.32. The van der Waals surface area contributed by atoms with Crippen molar-refractivity contribution in [2.75, 3.05) is 22.9 Å². The maximum Gasteiger partial charge on any atom is 0.226 e. The number of hydrogen-bond donors (Lipinski definition) is 4. The number of hydrogen-bond acceptors (Lipinski definition) is 8. The normalized spacial score (nSPS) is 10.5. The largest absolute Gasteiger partial charge is 0.506 e. The molecule has 1 amide bonds. The first-order chi connectivity index (χ1) is 15.1. The zero-order valence-corrected chi connectivity index (χ0v) is 17.2. The van der Waals surface area contributed by atoms with Crippen LogP contribution in [0, 0.1) is 11.8 Å². The lowest BCUT2D eigenvalue weighted by atomic mass is 10.2. The standard InChI is InChI=1S/C21H19N7O2S/c22-21-27-20-17(29)9-14(10-18(20)31-21)3-2-7-24-15-4-1-5-16(11-15)26-19(30)6-8-28-13-23-12-25-28/h1,4-5,9-13,24,29H,6-8H2,(H2,22,27)(H,26,30). The van der Waals surface area contributed by atoms with Crippen LogP contribution in [0.2, 0.25) is 0 Å². The quantitative estimate of drug-likeness (QED) is 0.344. The topological polar surface area (TPSA) is 131 Å². The number of phenols is 1. The van der Waals surface area contributed by atoms with Crippen LogP contribution in [0.3, 0.4) is 0 Å². The maximum atomic E-state index is 12.1. The SMILES string of the molecule is Nc1nc2c(O)cc(C#CCNc3cccc(NC(=O)CCn4cncn4)c3)cc2s1. The molecule has 0 bridgehead atoms. The fraction of sp³-hybridized carbons (Fsp3) is 0.143. The molecule has 0 spiro atoms. The van der Waals surface area contributed by atoms with E-state index in [9.17, 15) is 9.90 Å². The molecule has 2 heterocycles. The van der Waals surface area contributed by atoms with Gasteiger partial charge in [-0.15, -0.1) is 0 Å². The number of anilines is 3. The Morgan fingerprint density at radius 1 is 1.26 bits per heavy atom. The highest BCUT2D eigenvalue weighted by atomic mass is 32.1. The first kappa shape index (κ1) is 20.2. The molecular formula is C21H19N7O2S. The zero-order chi connectivity index (χ0) is 21.6. The molecule has 0 unspecified atom stereocenters. The van der Waals surface area contributed by atoms with E-state index in [0.29, 0.717) is 41.4 Å². The smallest absolute Gasteiger partial charge is 0.226 e. The molecule has 0 aliphatic heterocycles. The predicted molar refractivity (Wildman–Crippen MR) is 121 cm³/mol. The van der Waals surface area contributed by atoms with E-state index in [1.54, 1.807) is 17.1 Å². The zero-order valence-electron chi connectivity index (χ0n) is 16.4. The monoisotopic (exact) mass is 433 g/mol. The molecule has 2 aromatic heterocycles. The first-order valence-electron chi connectivity index (χ1n) is 9.41. The third-order valence-corrected chi connectivity index (χ3v) is 5.12. The summed E-state index contributed by atoms with van der Waals surface area (Å²) in [6, 6.07) is 10.8. The second-order valence-corrected chi connectivity index (χ2v) is 7.65. The number of aryl methyl sites for hydroxylation is 1. The van der Waals surface area contributed by atoms with E-state index in [4.69, 9.17) is 5.73 Å². The lowest BCUT2D eigenvalue weighted by Gasteiger charge is -2.08. The second kappa shape index (κ2) is 9.15. The molecule has 156 valence electrons. The van der Waals surface area contributed by atoms with Gasteiger partial charge in [-0.1, -0.05) is 29.2 Å². The number of aromatic nitrogens is 4. The van der Waals surface area contributed by atoms with Crippen molar-refractivity contribution in [1.29, 1.82) is 0 Å². The van der Waals surface area contributed by atoms with E-state index in [0.717, 1.165) is 10.4 Å². The van der Waals surface area contributed by atoms with E-state index >= 15 is 0 Å². The number of nitrogens with two attached hydrogens (primary N) is 1. The van der Waals surface area contributed by atoms with Gasteiger partial charge in [0.1, 0.15) is 23.9 Å². The lowest BCUT2D eigenvalue weighted by molar-refractivity contribution is -0.116. The Hall–Kier alpha value is -4.10. The van der Waals surface area contributed by atoms with Crippen molar-refractivity contribution < 1.29 is 9.90 Å². The van der Waals surface area contributed by atoms with Crippen molar-refractivity contribution in [1.82, 2.24) is 19.7 Å². The number of nitrogens with zero attached hydrogens (tertiary/aromatic N) is 4. The van der Waals surface area contributed by atoms with Gasteiger partial charge in [0.2, 0.25) is 5.91 Å². The third kappa shape index (κ3) is 5.29. The lowest BCUT2D eigenvalue weighted by Crippen LogP contribution is -2.14. The van der Waals surface area contributed by atoms with Crippen molar-refractivity contribution in [2.24, 2.45) is 0 Å². The first-order valence-corrected chi connectivity index (χ1v) is 10.2. The van der Waals surface area contributed by atoms with Crippen LogP contribution >= 0.6 is 11.3 Å². The summed E-state index contributed by atoms with van der Waals surface area (Å²) in [5.74, 6) is 6.00. The van der Waals surface area contributed by atoms with Crippen molar-refractivity contribution in [3.8, 4) is 17.6 Å². The van der Waals surface area contributed by atoms with Gasteiger partial charge in [0.05, 0.1) is 17.8 Å². The number of carbonyl (C=O) groups excluding carboxylic acids is 1. The molecule has 0 atom stereocenters. The van der Waals surface area contributed by atoms with Crippen LogP contribution < -0.4 is 16.4 Å². The number of rotatable bonds is 6. The van der Waals surface area contributed by atoms with E-state index in [-0.39, 0.29) is 11.7 Å². The average Bonchev–Trinajstić information content (AvgIpc) is 3.39. The molecule has 31 heavy (non-hydrogen) atoms. The number of nitrogens with one attached hydrogen (secondary N) is 2. The number of thiazole rings is 1. The second-order valence-electron chi connectivity index (χ2n) is 6.59. The molecule has 0 aliphatic rings. The Morgan fingerprint density at radius 3 is 2.97 bits per heavy atom. The number of amides is 1. The minimum Gasteiger partial charge on any atom is -0.506 e. The molecule has 10 heteroatoms. The predicted octanol–water partition coefficient (Wildman–Crippen LogP) is 2.67. The van der Waals surface area contributed by atoms with Crippen LogP contribution in [0.1, 0.15) is 12.0 Å². The van der Waals surface area contributed by atoms with Crippen molar-refractivity contribution in [3.63, 3.8) is 0 Å². The summed E-state index contributed by atoms with van der Waals surface area (Å²) in [5, 5.41) is 20.5. The molecule has 4 rings (SSSR count). The summed E-state index contributed by atoms with van der Waals surface area (Å²) < 4.78 is 2.40. The molecule has 0 fully saturated rings. The molecule has 2 aromatic carbocycles. The minimum atomic E-state index is -0.105. The number of fused-ring (bicyclic) bond motifs is 1. The number of benzene rings is 2. The van der Waals surface area contributed by atoms with Gasteiger partial charge in [-0.25, -0.2) is 9.97 Å². The van der Waals surface area contributed by atoms with E-state index < -0.39 is 0 Å². The van der Waals surface area contributed by atoms with E-state index in [2.05, 4.69) is 37.5 Å². The number of aromatic hydroxyl groups is 1. The minimum absolute atomic E-state index is 0.0648. The van der Waals surface area contributed by atoms with Crippen LogP contribution in [-0.2, 0) is 11.3 Å². The number of phenolic OH excluding ortho intramolecular Hbond substituents is 1. The molecule has 5 N–H and O–H groups in total. The van der Waals surface area contributed by atoms with Crippen LogP contribution in [0.4, 0.5) is 16.5 Å². The summed E-state index contributed by atoms with van der Waals surface area (Å²) in [7, 11) is 0. The average molecular weight is 433 g/mol. The summed E-state index contributed by atoms with van der Waals surface area (Å²) in [6.07, 6.45) is 3.31. The van der Waals surface area contributed by atoms with Gasteiger partial charge >= 0.3 is 0 Å². The molecular weight excluding hydrogens is 414 g/mol. The summed E-state index contributed by atoms with van der Waals surface area (Å²) in [5.41, 5.74) is 8.40. The molecule has 9 nitrogen and oxygen atoms in total. The Bertz CT molecular complexity index is 1270. The fourth-order valence-corrected chi connectivity index (χ4v) is 3.68. The van der Waals surface area contributed by atoms with Gasteiger partial charge < -0.3 is 21.5 Å². The van der Waals surface area contributed by atoms with Crippen LogP contribution in [-0.4, -0.2) is 37.3 Å². The molecule has 0 radical (unpaired) electrons. The Labute approximate surface area is 181 Å². The van der Waals surface area contributed by atoms with E-state index in [1.165, 1.54) is 17.7 Å². The van der Waals surface area contributed by atoms with Crippen molar-refractivity contribution in [2.45, 2.75) is 13.0 Å². The van der Waals surface area contributed by atoms with Gasteiger partial charge in [0.15, 0.2) is 5.13 Å². The highest BCUT2D eigenvalue weighted by Gasteiger charge is 2.07. The molecule has 4 aromatic rings. The number of nitrogen functional groups attached to an aromatic ring is 1. The maximum absolute atomic E-state index is 12.1. The van der Waals surface area contributed by atoms with E-state index in [1.807, 2.05) is 30.3 Å². The van der Waals surface area contributed by atoms with Crippen molar-refractivity contribution in [3.05, 3.63) is 54.6 Å². The van der Waals surface area contributed by atoms with Crippen LogP contribution in [0.5, 0.6) is 5.75 Å². The third-order valence-electron chi connectivity index (χ3n) is 4.29. The van der Waals surface area contributed by atoms with Crippen LogP contribution in [0.15, 0.2) is 49.1 Å². The van der Waals surface area contributed by atoms with Crippen LogP contribution in [0.25, 0.3) is 10.2 Å². The Morgan fingerprint density at radius 2 is 2.13 bits per heavy atom. The highest BCUT2D eigenvalue weighted by molar-refractivity contribution is 7.22. The molecule has 0 saturated carbocycles. The summed E-state index contributed by atoms with van der Waals surface area (Å²) >= 11 is 1.31. The van der Waals surface area contributed by atoms with Gasteiger partial charge in [-0.3, -0.25) is 9.48 Å². The summed E-state index contributed by atoms with van der Waals surface area (Å²) in [6.45, 7) is 0.863. The van der Waals surface area contributed by atoms with Gasteiger partial charge in [-0.2, -0.15) is 5.10 Å². The van der Waals surface area contributed by atoms with Gasteiger partial charge in [-0.05, 0) is 30.3 Å². The fourth-order valence-electron chi connectivity index (χ4n) is 2.89. The highest BCUT2D eigenvalue weighted by Crippen LogP contribution is 2.31. The number of carbonyl (C=O) groups is 1. The van der Waals surface area contributed by atoms with Crippen molar-refractivity contribution >= 4 is 44.0 Å². The Kier molecular flexibility index (Phi) is 5.96.